The Bertz CT molecular complexity index is 1140. The third-order valence-corrected chi connectivity index (χ3v) is 5.47. The second-order valence-corrected chi connectivity index (χ2v) is 9.60. The van der Waals surface area contributed by atoms with E-state index in [1.807, 2.05) is 6.07 Å². The Morgan fingerprint density at radius 3 is 2.66 bits per heavy atom. The zero-order valence-corrected chi connectivity index (χ0v) is 20.1. The number of nitrogens with zero attached hydrogens (tertiary/aromatic N) is 4. The summed E-state index contributed by atoms with van der Waals surface area (Å²) in [6.45, 7) is 8.00. The number of nitriles is 1. The predicted octanol–water partition coefficient (Wildman–Crippen LogP) is 0.243. The molecule has 13 heteroatoms. The van der Waals surface area contributed by atoms with Gasteiger partial charge in [0.1, 0.15) is 54.5 Å². The number of nitrogen functional groups attached to an aromatic ring is 1. The van der Waals surface area contributed by atoms with E-state index >= 15 is 0 Å². The molecule has 2 aromatic heterocycles. The van der Waals surface area contributed by atoms with Crippen LogP contribution in [0.4, 0.5) is 10.6 Å². The summed E-state index contributed by atoms with van der Waals surface area (Å²) in [5.74, 6) is -0.986. The first-order valence-corrected chi connectivity index (χ1v) is 11.0. The maximum atomic E-state index is 12.7. The van der Waals surface area contributed by atoms with Gasteiger partial charge in [0.25, 0.3) is 0 Å². The minimum Gasteiger partial charge on any atom is -0.461 e. The monoisotopic (exact) mass is 490 g/mol. The van der Waals surface area contributed by atoms with E-state index in [0.29, 0.717) is 5.52 Å². The van der Waals surface area contributed by atoms with Crippen molar-refractivity contribution in [2.45, 2.75) is 70.2 Å². The van der Waals surface area contributed by atoms with Gasteiger partial charge in [-0.3, -0.25) is 0 Å². The molecule has 0 bridgehead atoms. The summed E-state index contributed by atoms with van der Waals surface area (Å²) in [4.78, 5) is 28.7. The predicted molar refractivity (Wildman–Crippen MR) is 121 cm³/mol. The molecule has 1 amide bonds. The normalized spacial score (nSPS) is 25.3. The van der Waals surface area contributed by atoms with Crippen molar-refractivity contribution in [1.29, 1.82) is 5.26 Å². The van der Waals surface area contributed by atoms with E-state index in [1.54, 1.807) is 40.7 Å². The molecule has 35 heavy (non-hydrogen) atoms. The number of carbonyl (C=O) groups excluding carboxylic acids is 2. The van der Waals surface area contributed by atoms with Gasteiger partial charge in [-0.2, -0.15) is 10.4 Å². The smallest absolute Gasteiger partial charge is 0.408 e. The summed E-state index contributed by atoms with van der Waals surface area (Å²) in [6, 6.07) is 3.90. The molecule has 0 radical (unpaired) electrons. The van der Waals surface area contributed by atoms with E-state index in [4.69, 9.17) is 19.9 Å². The van der Waals surface area contributed by atoms with Gasteiger partial charge < -0.3 is 35.5 Å². The zero-order chi connectivity index (χ0) is 26.1. The number of amides is 1. The van der Waals surface area contributed by atoms with Crippen molar-refractivity contribution in [1.82, 2.24) is 19.9 Å². The second kappa shape index (κ2) is 9.65. The molecular weight excluding hydrogens is 460 g/mol. The Morgan fingerprint density at radius 1 is 1.37 bits per heavy atom. The number of nitrogens with one attached hydrogen (secondary N) is 1. The molecular formula is C22H30N6O7. The van der Waals surface area contributed by atoms with Crippen molar-refractivity contribution in [3.8, 4) is 6.07 Å². The van der Waals surface area contributed by atoms with Crippen LogP contribution in [0.2, 0.25) is 0 Å². The van der Waals surface area contributed by atoms with Crippen molar-refractivity contribution in [3.05, 3.63) is 24.2 Å². The molecule has 0 saturated carbocycles. The van der Waals surface area contributed by atoms with E-state index in [9.17, 15) is 25.1 Å². The van der Waals surface area contributed by atoms with Crippen LogP contribution >= 0.6 is 0 Å². The van der Waals surface area contributed by atoms with Crippen molar-refractivity contribution in [2.75, 3.05) is 12.3 Å². The Labute approximate surface area is 201 Å². The van der Waals surface area contributed by atoms with Crippen molar-refractivity contribution in [2.24, 2.45) is 5.92 Å². The molecule has 5 N–H and O–H groups in total. The molecule has 1 aliphatic heterocycles. The number of aliphatic hydroxyl groups excluding tert-OH is 2. The number of aliphatic hydroxyl groups is 2. The molecule has 3 rings (SSSR count). The summed E-state index contributed by atoms with van der Waals surface area (Å²) in [5, 5.41) is 37.9. The Hall–Kier alpha value is -3.47. The summed E-state index contributed by atoms with van der Waals surface area (Å²) >= 11 is 0. The fraction of sp³-hybridized carbons (Fsp3) is 0.591. The fourth-order valence-corrected chi connectivity index (χ4v) is 3.74. The topological polar surface area (TPSA) is 194 Å². The van der Waals surface area contributed by atoms with Gasteiger partial charge >= 0.3 is 12.1 Å². The number of hydrogen-bond acceptors (Lipinski definition) is 11. The van der Waals surface area contributed by atoms with Gasteiger partial charge in [0.05, 0.1) is 5.69 Å². The van der Waals surface area contributed by atoms with Crippen molar-refractivity contribution in [3.63, 3.8) is 0 Å². The molecule has 13 nitrogen and oxygen atoms in total. The molecule has 1 saturated heterocycles. The summed E-state index contributed by atoms with van der Waals surface area (Å²) in [5.41, 5.74) is 3.57. The highest BCUT2D eigenvalue weighted by Crippen LogP contribution is 2.40. The molecule has 0 spiro atoms. The Kier molecular flexibility index (Phi) is 7.21. The third kappa shape index (κ3) is 5.14. The lowest BCUT2D eigenvalue weighted by molar-refractivity contribution is -0.154. The van der Waals surface area contributed by atoms with Crippen LogP contribution in [0.3, 0.4) is 0 Å². The number of aromatic nitrogens is 3. The highest BCUT2D eigenvalue weighted by Gasteiger charge is 2.58. The molecule has 2 aromatic rings. The van der Waals surface area contributed by atoms with Gasteiger partial charge in [-0.15, -0.1) is 0 Å². The fourth-order valence-electron chi connectivity index (χ4n) is 3.74. The number of alkyl carbamates (subject to hydrolysis) is 1. The first-order valence-electron chi connectivity index (χ1n) is 11.0. The highest BCUT2D eigenvalue weighted by molar-refractivity contribution is 5.81. The van der Waals surface area contributed by atoms with E-state index in [2.05, 4.69) is 15.4 Å². The summed E-state index contributed by atoms with van der Waals surface area (Å²) in [7, 11) is 0. The molecule has 0 aliphatic carbocycles. The van der Waals surface area contributed by atoms with Gasteiger partial charge in [0, 0.05) is 0 Å². The highest BCUT2D eigenvalue weighted by atomic mass is 16.6. The van der Waals surface area contributed by atoms with Crippen molar-refractivity contribution < 1.29 is 34.0 Å². The zero-order valence-electron chi connectivity index (χ0n) is 20.1. The number of nitrogens with two attached hydrogens (primary N) is 1. The van der Waals surface area contributed by atoms with Gasteiger partial charge in [-0.1, -0.05) is 13.8 Å². The summed E-state index contributed by atoms with van der Waals surface area (Å²) in [6.07, 6.45) is -4.11. The summed E-state index contributed by atoms with van der Waals surface area (Å²) < 4.78 is 17.6. The largest absolute Gasteiger partial charge is 0.461 e. The maximum absolute atomic E-state index is 12.7. The van der Waals surface area contributed by atoms with E-state index in [0.717, 1.165) is 0 Å². The molecule has 190 valence electrons. The number of rotatable bonds is 6. The average molecular weight is 491 g/mol. The van der Waals surface area contributed by atoms with Crippen LogP contribution in [0.15, 0.2) is 18.5 Å². The SMILES string of the molecule is CC(C)[C@H](NC(=O)OC(C)(C)C)C(=O)OC[C@H]1O[C@@](C#N)(c2ccc3c(N)ncnn23)[C@H](O)[C@@H]1O. The number of esters is 1. The standard InChI is InChI=1S/C22H30N6O7/c1-11(2)15(27-20(32)35-21(3,4)5)19(31)33-8-13-16(29)17(30)22(9-23,34-13)14-7-6-12-18(24)25-10-26-28(12)14/h6-7,10-11,13,15-17,29-30H,8H2,1-5H3,(H,27,32)(H2,24,25,26)/t13-,15+,16-,17-,22+/m1/s1. The lowest BCUT2D eigenvalue weighted by atomic mass is 9.92. The molecule has 1 aliphatic rings. The Morgan fingerprint density at radius 2 is 2.06 bits per heavy atom. The quantitative estimate of drug-likeness (QED) is 0.405. The number of fused-ring (bicyclic) bond motifs is 1. The van der Waals surface area contributed by atoms with Crippen LogP contribution in [-0.4, -0.2) is 73.4 Å². The first kappa shape index (κ1) is 26.1. The Balaban J connectivity index is 1.75. The number of carbonyl (C=O) groups is 2. The lowest BCUT2D eigenvalue weighted by Crippen LogP contribution is -2.48. The van der Waals surface area contributed by atoms with Crippen LogP contribution in [-0.2, 0) is 24.6 Å². The van der Waals surface area contributed by atoms with Crippen molar-refractivity contribution >= 4 is 23.4 Å². The third-order valence-electron chi connectivity index (χ3n) is 5.47. The molecule has 0 aromatic carbocycles. The average Bonchev–Trinajstić information content (AvgIpc) is 3.30. The molecule has 3 heterocycles. The van der Waals surface area contributed by atoms with Crippen LogP contribution in [0, 0.1) is 17.2 Å². The number of anilines is 1. The van der Waals surface area contributed by atoms with Gasteiger partial charge in [0.2, 0.25) is 5.60 Å². The van der Waals surface area contributed by atoms with Gasteiger partial charge in [0.15, 0.2) is 5.82 Å². The van der Waals surface area contributed by atoms with Crippen LogP contribution in [0.5, 0.6) is 0 Å². The minimum atomic E-state index is -2.02. The minimum absolute atomic E-state index is 0.121. The molecule has 5 atom stereocenters. The van der Waals surface area contributed by atoms with E-state index in [-0.39, 0.29) is 17.4 Å². The number of hydrogen-bond donors (Lipinski definition) is 4. The van der Waals surface area contributed by atoms with E-state index in [1.165, 1.54) is 16.9 Å². The van der Waals surface area contributed by atoms with Crippen LogP contribution in [0.25, 0.3) is 5.52 Å². The second-order valence-electron chi connectivity index (χ2n) is 9.60. The van der Waals surface area contributed by atoms with Crippen LogP contribution < -0.4 is 11.1 Å². The van der Waals surface area contributed by atoms with Gasteiger partial charge in [-0.25, -0.2) is 19.1 Å². The van der Waals surface area contributed by atoms with E-state index < -0.39 is 54.2 Å². The molecule has 1 fully saturated rings. The maximum Gasteiger partial charge on any atom is 0.408 e. The lowest BCUT2D eigenvalue weighted by Gasteiger charge is -2.25. The molecule has 0 unspecified atom stereocenters. The first-order chi connectivity index (χ1) is 16.3. The van der Waals surface area contributed by atoms with Gasteiger partial charge in [-0.05, 0) is 38.8 Å². The number of ether oxygens (including phenoxy) is 3. The van der Waals surface area contributed by atoms with Crippen LogP contribution in [0.1, 0.15) is 40.3 Å².